The summed E-state index contributed by atoms with van der Waals surface area (Å²) in [6.07, 6.45) is 19.2. The Morgan fingerprint density at radius 1 is 0.294 bits per heavy atom. The molecule has 51 heavy (non-hydrogen) atoms. The van der Waals surface area contributed by atoms with E-state index in [0.717, 1.165) is 13.0 Å². The first-order chi connectivity index (χ1) is 25.1. The maximum absolute atomic E-state index is 10.3. The van der Waals surface area contributed by atoms with Gasteiger partial charge < -0.3 is 47.4 Å². The summed E-state index contributed by atoms with van der Waals surface area (Å²) in [4.78, 5) is 0. The van der Waals surface area contributed by atoms with E-state index in [0.29, 0.717) is 112 Å². The van der Waals surface area contributed by atoms with E-state index in [1.54, 1.807) is 0 Å². The molecule has 0 bridgehead atoms. The van der Waals surface area contributed by atoms with E-state index in [1.807, 2.05) is 0 Å². The number of unbranched alkanes of at least 4 members (excludes halogenated alkanes) is 13. The van der Waals surface area contributed by atoms with E-state index >= 15 is 0 Å². The maximum atomic E-state index is 10.3. The third-order valence-electron chi connectivity index (χ3n) is 7.45. The molecule has 0 amide bonds. The van der Waals surface area contributed by atoms with Crippen molar-refractivity contribution in [2.75, 3.05) is 139 Å². The molecule has 0 aliphatic carbocycles. The molecule has 0 unspecified atom stereocenters. The molecule has 0 radical (unpaired) electrons. The molecule has 0 spiro atoms. The molecule has 0 aliphatic rings. The molecule has 0 fully saturated rings. The van der Waals surface area contributed by atoms with Crippen LogP contribution in [0.1, 0.15) is 96.8 Å². The summed E-state index contributed by atoms with van der Waals surface area (Å²) >= 11 is 0. The van der Waals surface area contributed by atoms with Gasteiger partial charge in [0.25, 0.3) is 0 Å². The third kappa shape index (κ3) is 49.5. The Morgan fingerprint density at radius 2 is 0.490 bits per heavy atom. The smallest absolute Gasteiger partial charge is 0.379 e. The summed E-state index contributed by atoms with van der Waals surface area (Å²) in [5, 5.41) is 0. The van der Waals surface area contributed by atoms with Crippen LogP contribution in [0, 0.1) is 0 Å². The van der Waals surface area contributed by atoms with Crippen LogP contribution < -0.4 is 0 Å². The van der Waals surface area contributed by atoms with Crippen LogP contribution in [-0.4, -0.2) is 152 Å². The minimum Gasteiger partial charge on any atom is -0.379 e. The third-order valence-corrected chi connectivity index (χ3v) is 7.91. The lowest BCUT2D eigenvalue weighted by molar-refractivity contribution is -0.0267. The van der Waals surface area contributed by atoms with E-state index in [2.05, 4.69) is 11.1 Å². The summed E-state index contributed by atoms with van der Waals surface area (Å²) in [5.41, 5.74) is 0. The van der Waals surface area contributed by atoms with E-state index in [-0.39, 0.29) is 19.8 Å². The van der Waals surface area contributed by atoms with Crippen molar-refractivity contribution in [2.45, 2.75) is 96.8 Å². The number of rotatable bonds is 46. The topological polar surface area (TPSA) is 156 Å². The SMILES string of the molecule is CCCCCCCCCCCCCCCCOCCOCCOCCOCCOCCOCCOCCOCCOCCOCCOS(=O)(=O)O. The Morgan fingerprint density at radius 3 is 0.725 bits per heavy atom. The lowest BCUT2D eigenvalue weighted by atomic mass is 10.0. The van der Waals surface area contributed by atoms with Gasteiger partial charge in [-0.1, -0.05) is 90.4 Å². The zero-order valence-electron chi connectivity index (χ0n) is 31.9. The van der Waals surface area contributed by atoms with Crippen molar-refractivity contribution >= 4 is 10.4 Å². The maximum Gasteiger partial charge on any atom is 0.397 e. The van der Waals surface area contributed by atoms with Crippen molar-refractivity contribution in [3.8, 4) is 0 Å². The predicted octanol–water partition coefficient (Wildman–Crippen LogP) is 5.45. The number of ether oxygens (including phenoxy) is 10. The van der Waals surface area contributed by atoms with Crippen molar-refractivity contribution in [1.82, 2.24) is 0 Å². The van der Waals surface area contributed by atoms with E-state index in [9.17, 15) is 8.42 Å². The first kappa shape index (κ1) is 50.5. The largest absolute Gasteiger partial charge is 0.397 e. The molecule has 0 atom stereocenters. The second kappa shape index (κ2) is 43.9. The Balaban J connectivity index is 3.06. The van der Waals surface area contributed by atoms with Crippen molar-refractivity contribution in [3.05, 3.63) is 0 Å². The molecule has 0 aromatic heterocycles. The fourth-order valence-corrected chi connectivity index (χ4v) is 4.96. The standard InChI is InChI=1S/C36H74O14S/c1-2-3-4-5-6-7-8-9-10-11-12-13-14-15-16-40-17-18-41-19-20-42-21-22-43-23-24-44-25-26-45-27-28-46-29-30-47-31-32-48-33-34-49-35-36-50-51(37,38)39/h2-36H2,1H3,(H,37,38,39). The zero-order valence-corrected chi connectivity index (χ0v) is 32.7. The predicted molar refractivity (Wildman–Crippen MR) is 196 cm³/mol. The van der Waals surface area contributed by atoms with Crippen molar-refractivity contribution < 1.29 is 64.5 Å². The molecule has 308 valence electrons. The van der Waals surface area contributed by atoms with Gasteiger partial charge in [-0.15, -0.1) is 0 Å². The molecule has 0 heterocycles. The molecule has 0 aromatic rings. The van der Waals surface area contributed by atoms with E-state index in [4.69, 9.17) is 51.9 Å². The fraction of sp³-hybridized carbons (Fsp3) is 1.00. The van der Waals surface area contributed by atoms with Crippen molar-refractivity contribution in [2.24, 2.45) is 0 Å². The molecule has 0 aliphatic heterocycles. The second-order valence-electron chi connectivity index (χ2n) is 12.0. The van der Waals surface area contributed by atoms with Crippen LogP contribution in [0.4, 0.5) is 0 Å². The van der Waals surface area contributed by atoms with Gasteiger partial charge in [0.15, 0.2) is 0 Å². The number of hydrogen-bond donors (Lipinski definition) is 1. The molecule has 0 saturated carbocycles. The van der Waals surface area contributed by atoms with Gasteiger partial charge in [0.1, 0.15) is 0 Å². The Bertz CT molecular complexity index is 747. The van der Waals surface area contributed by atoms with Crippen LogP contribution in [0.3, 0.4) is 0 Å². The van der Waals surface area contributed by atoms with E-state index < -0.39 is 10.4 Å². The quantitative estimate of drug-likeness (QED) is 0.0617. The van der Waals surface area contributed by atoms with Crippen LogP contribution in [0.2, 0.25) is 0 Å². The van der Waals surface area contributed by atoms with Gasteiger partial charge in [0.2, 0.25) is 0 Å². The Hall–Kier alpha value is -0.530. The summed E-state index contributed by atoms with van der Waals surface area (Å²) in [7, 11) is -4.42. The van der Waals surface area contributed by atoms with Gasteiger partial charge in [0, 0.05) is 6.61 Å². The van der Waals surface area contributed by atoms with Crippen molar-refractivity contribution in [3.63, 3.8) is 0 Å². The van der Waals surface area contributed by atoms with Gasteiger partial charge in [0.05, 0.1) is 132 Å². The molecule has 15 heteroatoms. The molecular weight excluding hydrogens is 688 g/mol. The molecule has 0 rings (SSSR count). The highest BCUT2D eigenvalue weighted by atomic mass is 32.3. The molecule has 14 nitrogen and oxygen atoms in total. The van der Waals surface area contributed by atoms with Crippen LogP contribution in [-0.2, 0) is 62.0 Å². The molecule has 0 aromatic carbocycles. The van der Waals surface area contributed by atoms with Gasteiger partial charge in [-0.3, -0.25) is 4.55 Å². The molecular formula is C36H74O14S. The average Bonchev–Trinajstić information content (AvgIpc) is 3.11. The second-order valence-corrected chi connectivity index (χ2v) is 13.1. The minimum absolute atomic E-state index is 0.0350. The Labute approximate surface area is 310 Å². The van der Waals surface area contributed by atoms with Gasteiger partial charge in [-0.25, -0.2) is 4.18 Å². The lowest BCUT2D eigenvalue weighted by Crippen LogP contribution is -2.15. The minimum atomic E-state index is -4.42. The highest BCUT2D eigenvalue weighted by molar-refractivity contribution is 7.80. The monoisotopic (exact) mass is 762 g/mol. The van der Waals surface area contributed by atoms with Crippen LogP contribution >= 0.6 is 0 Å². The Kier molecular flexibility index (Phi) is 43.4. The first-order valence-electron chi connectivity index (χ1n) is 19.5. The highest BCUT2D eigenvalue weighted by Gasteiger charge is 2.03. The van der Waals surface area contributed by atoms with Crippen molar-refractivity contribution in [1.29, 1.82) is 0 Å². The van der Waals surface area contributed by atoms with Crippen LogP contribution in [0.5, 0.6) is 0 Å². The van der Waals surface area contributed by atoms with Crippen LogP contribution in [0.25, 0.3) is 0 Å². The lowest BCUT2D eigenvalue weighted by Gasteiger charge is -2.09. The first-order valence-corrected chi connectivity index (χ1v) is 20.8. The summed E-state index contributed by atoms with van der Waals surface area (Å²) in [6, 6.07) is 0. The molecule has 0 saturated heterocycles. The fourth-order valence-electron chi connectivity index (χ4n) is 4.68. The summed E-state index contributed by atoms with van der Waals surface area (Å²) in [6.45, 7) is 11.6. The number of hydrogen-bond acceptors (Lipinski definition) is 13. The summed E-state index contributed by atoms with van der Waals surface area (Å²) in [5.74, 6) is 0. The highest BCUT2D eigenvalue weighted by Crippen LogP contribution is 2.13. The van der Waals surface area contributed by atoms with Gasteiger partial charge in [-0.05, 0) is 6.42 Å². The van der Waals surface area contributed by atoms with Gasteiger partial charge in [-0.2, -0.15) is 8.42 Å². The van der Waals surface area contributed by atoms with Gasteiger partial charge >= 0.3 is 10.4 Å². The normalized spacial score (nSPS) is 12.0. The summed E-state index contributed by atoms with van der Waals surface area (Å²) < 4.78 is 87.6. The van der Waals surface area contributed by atoms with E-state index in [1.165, 1.54) is 83.5 Å². The zero-order chi connectivity index (χ0) is 37.0. The van der Waals surface area contributed by atoms with Crippen LogP contribution in [0.15, 0.2) is 0 Å². The molecule has 1 N–H and O–H groups in total. The average molecular weight is 763 g/mol.